The molecule has 18 nitrogen and oxygen atoms in total. The van der Waals surface area contributed by atoms with Crippen LogP contribution in [-0.4, -0.2) is 83.0 Å². The second-order valence-corrected chi connectivity index (χ2v) is 21.4. The van der Waals surface area contributed by atoms with Crippen molar-refractivity contribution in [3.05, 3.63) is 152 Å². The maximum Gasteiger partial charge on any atom is 0.353 e. The van der Waals surface area contributed by atoms with Gasteiger partial charge in [-0.2, -0.15) is 0 Å². The number of hydrogen-bond donors (Lipinski definition) is 6. The number of methoxy groups -OCH3 is 2. The summed E-state index contributed by atoms with van der Waals surface area (Å²) in [6.07, 6.45) is 8.85. The molecule has 404 valence electrons. The number of ether oxygens (including phenoxy) is 4. The van der Waals surface area contributed by atoms with E-state index in [-0.39, 0.29) is 78.7 Å². The molecule has 20 heteroatoms. The quantitative estimate of drug-likeness (QED) is 0.0346. The average Bonchev–Trinajstić information content (AvgIpc) is 2.41. The van der Waals surface area contributed by atoms with Crippen LogP contribution in [0.15, 0.2) is 120 Å². The van der Waals surface area contributed by atoms with E-state index in [4.69, 9.17) is 18.9 Å². The minimum Gasteiger partial charge on any atom is -0.493 e. The van der Waals surface area contributed by atoms with Gasteiger partial charge in [-0.3, -0.25) is 19.2 Å². The van der Waals surface area contributed by atoms with E-state index in [9.17, 15) is 48.6 Å². The Morgan fingerprint density at radius 3 is 1.18 bits per heavy atom. The van der Waals surface area contributed by atoms with E-state index in [0.29, 0.717) is 11.4 Å². The molecule has 6 aromatic rings. The lowest BCUT2D eigenvalue weighted by atomic mass is 9.43. The molecule has 0 radical (unpaired) electrons. The molecule has 0 unspecified atom stereocenters. The predicted molar refractivity (Wildman–Crippen MR) is 289 cm³/mol. The minimum atomic E-state index is -2.70. The van der Waals surface area contributed by atoms with Crippen LogP contribution >= 0.6 is 22.7 Å². The van der Waals surface area contributed by atoms with E-state index in [0.717, 1.165) is 86.9 Å². The first-order valence-electron chi connectivity index (χ1n) is 25.5. The standard InChI is InChI=1S/C58H56N4O14S2/c1-73-43-31-37(21-27-41(43)75-53(67)45-15-9-29-77-45)47-57(55(69)70,61-51(65)35-17-23-39(24-18-35)59-49(63)33-11-5-3-6-12-33)48(38-22-28-42(44(32-38)74-2)76-54(68)46-16-10-30-78-46)58(47,56(71)72)62-52(66)36-19-25-40(26-20-36)60-50(64)34-13-7-4-8-14-34/h9-10,15-34,47-48H,3-8,11-14H2,1-2H3,(H,59,63)(H,60,64)(H,61,65)(H,62,66)(H,69,70)(H,71,72). The molecule has 0 atom stereocenters. The number of carboxylic acid groups (broad SMARTS) is 2. The molecule has 3 fully saturated rings. The molecule has 0 aliphatic heterocycles. The Morgan fingerprint density at radius 2 is 0.859 bits per heavy atom. The summed E-state index contributed by atoms with van der Waals surface area (Å²) in [7, 11) is 2.51. The Morgan fingerprint density at radius 1 is 0.487 bits per heavy atom. The van der Waals surface area contributed by atoms with Gasteiger partial charge in [0, 0.05) is 34.3 Å². The smallest absolute Gasteiger partial charge is 0.353 e. The Bertz CT molecular complexity index is 3000. The van der Waals surface area contributed by atoms with E-state index in [1.165, 1.54) is 99.1 Å². The van der Waals surface area contributed by atoms with E-state index in [2.05, 4.69) is 21.3 Å². The maximum absolute atomic E-state index is 14.9. The minimum absolute atomic E-state index is 0.0712. The second-order valence-electron chi connectivity index (χ2n) is 19.5. The van der Waals surface area contributed by atoms with Crippen molar-refractivity contribution in [1.82, 2.24) is 10.6 Å². The molecule has 0 bridgehead atoms. The summed E-state index contributed by atoms with van der Waals surface area (Å²) in [4.78, 5) is 112. The Balaban J connectivity index is 1.16. The second kappa shape index (κ2) is 23.5. The Labute approximate surface area is 456 Å². The maximum atomic E-state index is 14.9. The fraction of sp³-hybridized carbons (Fsp3) is 0.310. The summed E-state index contributed by atoms with van der Waals surface area (Å²) < 4.78 is 22.8. The van der Waals surface area contributed by atoms with Gasteiger partial charge in [0.05, 0.1) is 26.1 Å². The van der Waals surface area contributed by atoms with Gasteiger partial charge in [-0.05, 0) is 132 Å². The number of rotatable bonds is 18. The normalized spacial score (nSPS) is 20.2. The van der Waals surface area contributed by atoms with Crippen LogP contribution in [0.25, 0.3) is 0 Å². The summed E-state index contributed by atoms with van der Waals surface area (Å²) in [5.74, 6) is -11.9. The number of benzene rings is 4. The van der Waals surface area contributed by atoms with Crippen molar-refractivity contribution in [1.29, 1.82) is 0 Å². The number of nitrogens with one attached hydrogen (secondary N) is 4. The lowest BCUT2D eigenvalue weighted by Crippen LogP contribution is -2.86. The number of carbonyl (C=O) groups is 8. The van der Waals surface area contributed by atoms with Crippen LogP contribution in [0.3, 0.4) is 0 Å². The molecule has 4 amide bonds. The fourth-order valence-electron chi connectivity index (χ4n) is 11.0. The molecule has 3 aliphatic carbocycles. The average molecular weight is 1100 g/mol. The van der Waals surface area contributed by atoms with Crippen LogP contribution in [-0.2, 0) is 19.2 Å². The Hall–Kier alpha value is -8.36. The molecule has 6 N–H and O–H groups in total. The van der Waals surface area contributed by atoms with Crippen molar-refractivity contribution in [2.75, 3.05) is 24.9 Å². The number of aliphatic carboxylic acids is 2. The summed E-state index contributed by atoms with van der Waals surface area (Å²) >= 11 is 2.25. The van der Waals surface area contributed by atoms with Crippen LogP contribution in [0.4, 0.5) is 11.4 Å². The van der Waals surface area contributed by atoms with Crippen LogP contribution in [0.1, 0.15) is 127 Å². The van der Waals surface area contributed by atoms with E-state index in [1.807, 2.05) is 0 Å². The third kappa shape index (κ3) is 10.9. The van der Waals surface area contributed by atoms with Crippen LogP contribution < -0.4 is 40.2 Å². The van der Waals surface area contributed by atoms with Gasteiger partial charge >= 0.3 is 23.9 Å². The highest BCUT2D eigenvalue weighted by atomic mass is 32.1. The van der Waals surface area contributed by atoms with Gasteiger partial charge in [-0.1, -0.05) is 62.8 Å². The van der Waals surface area contributed by atoms with Gasteiger partial charge in [-0.15, -0.1) is 22.7 Å². The van der Waals surface area contributed by atoms with Gasteiger partial charge in [-0.25, -0.2) is 19.2 Å². The number of hydrogen-bond acceptors (Lipinski definition) is 14. The summed E-state index contributed by atoms with van der Waals surface area (Å²) in [6.45, 7) is 0. The molecule has 0 saturated heterocycles. The van der Waals surface area contributed by atoms with Gasteiger partial charge in [0.15, 0.2) is 34.1 Å². The molecule has 9 rings (SSSR count). The number of amides is 4. The molecular weight excluding hydrogens is 1040 g/mol. The lowest BCUT2D eigenvalue weighted by molar-refractivity contribution is -0.171. The molecule has 2 heterocycles. The largest absolute Gasteiger partial charge is 0.493 e. The number of thiophene rings is 2. The van der Waals surface area contributed by atoms with Crippen molar-refractivity contribution >= 4 is 81.6 Å². The highest BCUT2D eigenvalue weighted by molar-refractivity contribution is 7.12. The summed E-state index contributed by atoms with van der Waals surface area (Å²) in [5, 5.41) is 38.3. The SMILES string of the molecule is COc1cc(C2C(NC(=O)c3ccc(NC(=O)C4CCCCC4)cc3)(C(=O)O)C(c3ccc(OC(=O)c4cccs4)c(OC)c3)C2(NC(=O)c2ccc(NC(=O)C3CCCCC3)cc2)C(=O)O)ccc1OC(=O)c1cccs1. The third-order valence-corrected chi connectivity index (χ3v) is 16.5. The number of carboxylic acids is 2. The first-order valence-corrected chi connectivity index (χ1v) is 27.2. The van der Waals surface area contributed by atoms with E-state index in [1.54, 1.807) is 35.0 Å². The zero-order chi connectivity index (χ0) is 55.1. The van der Waals surface area contributed by atoms with Gasteiger partial charge in [0.1, 0.15) is 9.75 Å². The Kier molecular flexibility index (Phi) is 16.4. The monoisotopic (exact) mass is 1100 g/mol. The fourth-order valence-corrected chi connectivity index (χ4v) is 12.2. The topological polar surface area (TPSA) is 262 Å². The van der Waals surface area contributed by atoms with E-state index < -0.39 is 58.6 Å². The molecule has 0 spiro atoms. The first kappa shape index (κ1) is 54.4. The van der Waals surface area contributed by atoms with Crippen LogP contribution in [0, 0.1) is 11.8 Å². The van der Waals surface area contributed by atoms with Gasteiger partial charge in [0.2, 0.25) is 11.8 Å². The highest BCUT2D eigenvalue weighted by Crippen LogP contribution is 2.64. The molecule has 3 saturated carbocycles. The zero-order valence-corrected chi connectivity index (χ0v) is 44.2. The van der Waals surface area contributed by atoms with Crippen molar-refractivity contribution in [2.45, 2.75) is 87.1 Å². The van der Waals surface area contributed by atoms with E-state index >= 15 is 0 Å². The van der Waals surface area contributed by atoms with Crippen LogP contribution in [0.5, 0.6) is 23.0 Å². The number of carbonyl (C=O) groups excluding carboxylic acids is 6. The van der Waals surface area contributed by atoms with Gasteiger partial charge in [0.25, 0.3) is 11.8 Å². The first-order chi connectivity index (χ1) is 37.7. The van der Waals surface area contributed by atoms with Crippen molar-refractivity contribution in [3.8, 4) is 23.0 Å². The van der Waals surface area contributed by atoms with Crippen molar-refractivity contribution < 1.29 is 67.5 Å². The summed E-state index contributed by atoms with van der Waals surface area (Å²) in [5.41, 5.74) is -4.97. The van der Waals surface area contributed by atoms with Crippen molar-refractivity contribution in [2.24, 2.45) is 11.8 Å². The number of esters is 2. The highest BCUT2D eigenvalue weighted by Gasteiger charge is 2.80. The molecule has 78 heavy (non-hydrogen) atoms. The number of anilines is 2. The van der Waals surface area contributed by atoms with Gasteiger partial charge < -0.3 is 50.4 Å². The predicted octanol–water partition coefficient (Wildman–Crippen LogP) is 9.69. The molecule has 2 aromatic heterocycles. The van der Waals surface area contributed by atoms with Crippen LogP contribution in [0.2, 0.25) is 0 Å². The molecular formula is C58H56N4O14S2. The lowest BCUT2D eigenvalue weighted by Gasteiger charge is -2.64. The zero-order valence-electron chi connectivity index (χ0n) is 42.5. The molecule has 4 aromatic carbocycles. The summed E-state index contributed by atoms with van der Waals surface area (Å²) in [6, 6.07) is 25.7. The molecule has 3 aliphatic rings. The van der Waals surface area contributed by atoms with Crippen molar-refractivity contribution in [3.63, 3.8) is 0 Å². The third-order valence-electron chi connectivity index (χ3n) is 14.8.